The maximum atomic E-state index is 12.5. The Balaban J connectivity index is 2.55. The third kappa shape index (κ3) is 2.45. The second-order valence-corrected chi connectivity index (χ2v) is 5.73. The zero-order chi connectivity index (χ0) is 14.0. The van der Waals surface area contributed by atoms with Crippen molar-refractivity contribution >= 4 is 23.3 Å². The summed E-state index contributed by atoms with van der Waals surface area (Å²) in [5, 5.41) is 0. The Hall–Kier alpha value is -1.55. The summed E-state index contributed by atoms with van der Waals surface area (Å²) >= 11 is 1.48. The summed E-state index contributed by atoms with van der Waals surface area (Å²) < 4.78 is 0. The number of rotatable bonds is 4. The van der Waals surface area contributed by atoms with E-state index < -0.39 is 0 Å². The lowest BCUT2D eigenvalue weighted by molar-refractivity contribution is 0.0959. The van der Waals surface area contributed by atoms with Crippen molar-refractivity contribution < 1.29 is 9.59 Å². The minimum Gasteiger partial charge on any atom is -0.373 e. The number of carbonyl (C=O) groups is 2. The Morgan fingerprint density at radius 3 is 2.16 bits per heavy atom. The van der Waals surface area contributed by atoms with E-state index in [1.165, 1.54) is 11.8 Å². The number of hydrogen-bond acceptors (Lipinski definition) is 4. The van der Waals surface area contributed by atoms with E-state index in [1.54, 1.807) is 43.3 Å². The molecule has 0 amide bonds. The van der Waals surface area contributed by atoms with Gasteiger partial charge in [-0.1, -0.05) is 31.2 Å². The molecule has 0 saturated heterocycles. The molecule has 0 atom stereocenters. The fraction of sp³-hybridized carbons (Fsp3) is 0.333. The number of fused-ring (bicyclic) bond motifs is 1. The molecule has 100 valence electrons. The maximum Gasteiger partial charge on any atom is 0.211 e. The number of hydrogen-bond donors (Lipinski definition) is 0. The van der Waals surface area contributed by atoms with Gasteiger partial charge in [-0.05, 0) is 12.2 Å². The number of thioether (sulfide) groups is 1. The molecule has 1 aromatic carbocycles. The van der Waals surface area contributed by atoms with E-state index in [-0.39, 0.29) is 11.6 Å². The molecule has 0 unspecified atom stereocenters. The second kappa shape index (κ2) is 5.61. The lowest BCUT2D eigenvalue weighted by Crippen LogP contribution is -2.29. The van der Waals surface area contributed by atoms with Crippen molar-refractivity contribution in [1.82, 2.24) is 4.90 Å². The number of likely N-dealkylation sites (N-methyl/N-ethyl adjacent to an activating group) is 1. The molecule has 3 nitrogen and oxygen atoms in total. The maximum absolute atomic E-state index is 12.5. The second-order valence-electron chi connectivity index (χ2n) is 4.62. The van der Waals surface area contributed by atoms with Crippen LogP contribution in [0.25, 0.3) is 0 Å². The lowest BCUT2D eigenvalue weighted by Gasteiger charge is -2.25. The van der Waals surface area contributed by atoms with Gasteiger partial charge in [-0.3, -0.25) is 9.59 Å². The van der Waals surface area contributed by atoms with E-state index in [4.69, 9.17) is 0 Å². The van der Waals surface area contributed by atoms with Crippen LogP contribution in [-0.4, -0.2) is 36.3 Å². The van der Waals surface area contributed by atoms with E-state index in [0.717, 1.165) is 12.2 Å². The van der Waals surface area contributed by atoms with Gasteiger partial charge in [-0.15, -0.1) is 11.8 Å². The first-order chi connectivity index (χ1) is 9.07. The van der Waals surface area contributed by atoms with Gasteiger partial charge in [0.15, 0.2) is 0 Å². The molecule has 0 heterocycles. The molecule has 0 radical (unpaired) electrons. The van der Waals surface area contributed by atoms with E-state index >= 15 is 0 Å². The van der Waals surface area contributed by atoms with E-state index in [2.05, 4.69) is 6.92 Å². The van der Waals surface area contributed by atoms with Gasteiger partial charge in [0, 0.05) is 25.2 Å². The Bertz CT molecular complexity index is 561. The zero-order valence-corrected chi connectivity index (χ0v) is 12.2. The van der Waals surface area contributed by atoms with Crippen LogP contribution in [0.3, 0.4) is 0 Å². The van der Waals surface area contributed by atoms with Crippen LogP contribution >= 0.6 is 11.8 Å². The Morgan fingerprint density at radius 2 is 1.63 bits per heavy atom. The number of nitrogens with zero attached hydrogens (tertiary/aromatic N) is 1. The van der Waals surface area contributed by atoms with Gasteiger partial charge in [-0.2, -0.15) is 0 Å². The third-order valence-corrected chi connectivity index (χ3v) is 4.23. The van der Waals surface area contributed by atoms with Gasteiger partial charge in [0.2, 0.25) is 11.6 Å². The van der Waals surface area contributed by atoms with Crippen LogP contribution in [0.5, 0.6) is 0 Å². The van der Waals surface area contributed by atoms with Gasteiger partial charge in [0.25, 0.3) is 0 Å². The van der Waals surface area contributed by atoms with Crippen molar-refractivity contribution in [3.05, 3.63) is 46.0 Å². The largest absolute Gasteiger partial charge is 0.373 e. The number of allylic oxidation sites excluding steroid dienone is 2. The highest BCUT2D eigenvalue weighted by molar-refractivity contribution is 8.04. The topological polar surface area (TPSA) is 37.4 Å². The van der Waals surface area contributed by atoms with Crippen LogP contribution in [0.2, 0.25) is 0 Å². The highest BCUT2D eigenvalue weighted by atomic mass is 32.2. The predicted molar refractivity (Wildman–Crippen MR) is 78.6 cm³/mol. The first-order valence-electron chi connectivity index (χ1n) is 6.30. The molecule has 1 aromatic rings. The van der Waals surface area contributed by atoms with Crippen LogP contribution in [0.15, 0.2) is 34.9 Å². The monoisotopic (exact) mass is 275 g/mol. The van der Waals surface area contributed by atoms with E-state index in [1.807, 2.05) is 0 Å². The summed E-state index contributed by atoms with van der Waals surface area (Å²) in [6.45, 7) is 2.06. The van der Waals surface area contributed by atoms with Crippen molar-refractivity contribution in [1.29, 1.82) is 0 Å². The summed E-state index contributed by atoms with van der Waals surface area (Å²) in [5.41, 5.74) is 1.55. The first-order valence-corrected chi connectivity index (χ1v) is 7.29. The van der Waals surface area contributed by atoms with E-state index in [0.29, 0.717) is 21.7 Å². The van der Waals surface area contributed by atoms with E-state index in [9.17, 15) is 9.59 Å². The molecular formula is C15H17NO2S. The molecule has 0 fully saturated rings. The average Bonchev–Trinajstić information content (AvgIpc) is 2.40. The minimum atomic E-state index is -0.0567. The van der Waals surface area contributed by atoms with Gasteiger partial charge < -0.3 is 4.90 Å². The van der Waals surface area contributed by atoms with Crippen LogP contribution in [0.1, 0.15) is 34.1 Å². The lowest BCUT2D eigenvalue weighted by atomic mass is 9.92. The van der Waals surface area contributed by atoms with Crippen molar-refractivity contribution in [3.63, 3.8) is 0 Å². The third-order valence-electron chi connectivity index (χ3n) is 2.95. The van der Waals surface area contributed by atoms with Crippen LogP contribution in [0.4, 0.5) is 0 Å². The summed E-state index contributed by atoms with van der Waals surface area (Å²) in [5.74, 6) is 0.754. The molecule has 0 N–H and O–H groups in total. The Kier molecular flexibility index (Phi) is 4.10. The van der Waals surface area contributed by atoms with Crippen molar-refractivity contribution in [2.45, 2.75) is 13.3 Å². The normalized spacial score (nSPS) is 14.7. The van der Waals surface area contributed by atoms with Crippen LogP contribution < -0.4 is 0 Å². The molecule has 0 saturated carbocycles. The smallest absolute Gasteiger partial charge is 0.211 e. The first kappa shape index (κ1) is 13.9. The van der Waals surface area contributed by atoms with Gasteiger partial charge in [0.05, 0.1) is 4.91 Å². The molecular weight excluding hydrogens is 258 g/mol. The summed E-state index contributed by atoms with van der Waals surface area (Å²) in [6, 6.07) is 7.04. The van der Waals surface area contributed by atoms with Gasteiger partial charge in [0.1, 0.15) is 5.70 Å². The quantitative estimate of drug-likeness (QED) is 0.846. The van der Waals surface area contributed by atoms with Gasteiger partial charge in [-0.25, -0.2) is 0 Å². The minimum absolute atomic E-state index is 0.0302. The Labute approximate surface area is 117 Å². The molecule has 19 heavy (non-hydrogen) atoms. The van der Waals surface area contributed by atoms with Crippen molar-refractivity contribution in [3.8, 4) is 0 Å². The van der Waals surface area contributed by atoms with Crippen LogP contribution in [-0.2, 0) is 0 Å². The Morgan fingerprint density at radius 1 is 1.05 bits per heavy atom. The van der Waals surface area contributed by atoms with Gasteiger partial charge >= 0.3 is 0 Å². The summed E-state index contributed by atoms with van der Waals surface area (Å²) in [6.07, 6.45) is 0.970. The summed E-state index contributed by atoms with van der Waals surface area (Å²) in [4.78, 5) is 27.4. The zero-order valence-electron chi connectivity index (χ0n) is 11.4. The fourth-order valence-electron chi connectivity index (χ4n) is 2.08. The highest BCUT2D eigenvalue weighted by Gasteiger charge is 2.33. The van der Waals surface area contributed by atoms with Crippen molar-refractivity contribution in [2.75, 3.05) is 19.8 Å². The SMILES string of the molecule is CCCSC1=C(N(C)C)C(=O)c2ccccc2C1=O. The van der Waals surface area contributed by atoms with Crippen LogP contribution in [0, 0.1) is 0 Å². The number of benzene rings is 1. The molecule has 0 spiro atoms. The molecule has 1 aliphatic rings. The average molecular weight is 275 g/mol. The molecule has 0 bridgehead atoms. The van der Waals surface area contributed by atoms with Crippen molar-refractivity contribution in [2.24, 2.45) is 0 Å². The number of Topliss-reactive ketones (excluding diaryl/α,β-unsaturated/α-hetero) is 2. The molecule has 0 aliphatic heterocycles. The standard InChI is InChI=1S/C15H17NO2S/c1-4-9-19-15-12(16(2)3)13(17)10-7-5-6-8-11(10)14(15)18/h5-8H,4,9H2,1-3H3. The molecule has 0 aromatic heterocycles. The molecule has 1 aliphatic carbocycles. The highest BCUT2D eigenvalue weighted by Crippen LogP contribution is 2.33. The molecule has 4 heteroatoms. The number of ketones is 2. The predicted octanol–water partition coefficient (Wildman–Crippen LogP) is 2.98. The summed E-state index contributed by atoms with van der Waals surface area (Å²) in [7, 11) is 3.61. The number of carbonyl (C=O) groups excluding carboxylic acids is 2. The fourth-order valence-corrected chi connectivity index (χ4v) is 3.15. The molecule has 2 rings (SSSR count).